The summed E-state index contributed by atoms with van der Waals surface area (Å²) in [5, 5.41) is 8.97. The fraction of sp³-hybridized carbons (Fsp3) is 0.250. The van der Waals surface area contributed by atoms with Crippen molar-refractivity contribution >= 4 is 42.4 Å². The Morgan fingerprint density at radius 3 is 2.53 bits per heavy atom. The summed E-state index contributed by atoms with van der Waals surface area (Å²) in [6, 6.07) is 2.68. The van der Waals surface area contributed by atoms with Crippen LogP contribution in [0.1, 0.15) is 18.2 Å². The number of hydrogen-bond acceptors (Lipinski definition) is 3. The molecule has 3 N–H and O–H groups in total. The molecule has 0 saturated heterocycles. The van der Waals surface area contributed by atoms with Crippen molar-refractivity contribution in [3.8, 4) is 0 Å². The van der Waals surface area contributed by atoms with Crippen molar-refractivity contribution < 1.29 is 9.90 Å². The highest BCUT2D eigenvalue weighted by atomic mass is 35.5. The van der Waals surface area contributed by atoms with Crippen LogP contribution in [-0.4, -0.2) is 16.1 Å². The summed E-state index contributed by atoms with van der Waals surface area (Å²) in [7, 11) is 0. The third kappa shape index (κ3) is 5.79. The molecule has 1 rings (SSSR count). The van der Waals surface area contributed by atoms with Crippen LogP contribution in [0.2, 0.25) is 5.02 Å². The van der Waals surface area contributed by atoms with Gasteiger partial charge in [0, 0.05) is 6.20 Å². The van der Waals surface area contributed by atoms with Crippen LogP contribution in [0, 0.1) is 0 Å². The monoisotopic (exact) mass is 272 g/mol. The molecule has 0 aliphatic heterocycles. The largest absolute Gasteiger partial charge is 0.481 e. The average Bonchev–Trinajstić information content (AvgIpc) is 2.04. The first-order valence-electron chi connectivity index (χ1n) is 3.68. The molecule has 1 heterocycles. The first-order chi connectivity index (χ1) is 6.09. The van der Waals surface area contributed by atoms with Gasteiger partial charge in [0.2, 0.25) is 0 Å². The van der Waals surface area contributed by atoms with Crippen LogP contribution in [0.15, 0.2) is 18.3 Å². The number of nitrogens with two attached hydrogens (primary N) is 1. The lowest BCUT2D eigenvalue weighted by Crippen LogP contribution is -2.16. The summed E-state index contributed by atoms with van der Waals surface area (Å²) in [5.41, 5.74) is 6.09. The molecule has 1 atom stereocenters. The number of rotatable bonds is 3. The number of pyridine rings is 1. The molecule has 0 aromatic carbocycles. The van der Waals surface area contributed by atoms with Crippen LogP contribution in [0.4, 0.5) is 0 Å². The Labute approximate surface area is 105 Å². The van der Waals surface area contributed by atoms with Gasteiger partial charge in [-0.25, -0.2) is 0 Å². The zero-order chi connectivity index (χ0) is 9.84. The molecule has 0 aliphatic rings. The molecule has 0 spiro atoms. The number of halogens is 3. The van der Waals surface area contributed by atoms with Crippen LogP contribution in [-0.2, 0) is 4.79 Å². The van der Waals surface area contributed by atoms with Crippen molar-refractivity contribution in [2.45, 2.75) is 12.5 Å². The second-order valence-electron chi connectivity index (χ2n) is 2.61. The second-order valence-corrected chi connectivity index (χ2v) is 3.04. The third-order valence-corrected chi connectivity index (χ3v) is 1.75. The Morgan fingerprint density at radius 1 is 1.53 bits per heavy atom. The van der Waals surface area contributed by atoms with Crippen molar-refractivity contribution in [3.05, 3.63) is 29.0 Å². The van der Waals surface area contributed by atoms with E-state index in [0.29, 0.717) is 10.7 Å². The molecule has 1 aromatic heterocycles. The zero-order valence-corrected chi connectivity index (χ0v) is 9.98. The van der Waals surface area contributed by atoms with E-state index in [0.717, 1.165) is 0 Å². The minimum Gasteiger partial charge on any atom is -0.481 e. The molecule has 0 bridgehead atoms. The lowest BCUT2D eigenvalue weighted by molar-refractivity contribution is -0.137. The fourth-order valence-corrected chi connectivity index (χ4v) is 1.01. The minimum absolute atomic E-state index is 0. The predicted molar refractivity (Wildman–Crippen MR) is 62.9 cm³/mol. The van der Waals surface area contributed by atoms with Crippen LogP contribution in [0.3, 0.4) is 0 Å². The zero-order valence-electron chi connectivity index (χ0n) is 7.59. The number of carboxylic acids is 1. The molecule has 0 fully saturated rings. The minimum atomic E-state index is -0.941. The highest BCUT2D eigenvalue weighted by Crippen LogP contribution is 2.13. The molecule has 86 valence electrons. The van der Waals surface area contributed by atoms with Gasteiger partial charge in [-0.2, -0.15) is 0 Å². The number of aliphatic carboxylic acids is 1. The summed E-state index contributed by atoms with van der Waals surface area (Å²) < 4.78 is 0. The number of nitrogens with zero attached hydrogens (tertiary/aromatic N) is 1. The van der Waals surface area contributed by atoms with Gasteiger partial charge in [0.25, 0.3) is 0 Å². The maximum atomic E-state index is 10.3. The molecule has 0 saturated carbocycles. The molecule has 0 aliphatic carbocycles. The molecular weight excluding hydrogens is 262 g/mol. The molecular formula is C8H11Cl3N2O2. The smallest absolute Gasteiger partial charge is 0.305 e. The van der Waals surface area contributed by atoms with E-state index in [1.807, 2.05) is 0 Å². The normalized spacial score (nSPS) is 10.8. The van der Waals surface area contributed by atoms with Crippen LogP contribution in [0.25, 0.3) is 0 Å². The summed E-state index contributed by atoms with van der Waals surface area (Å²) in [5.74, 6) is -0.941. The summed E-state index contributed by atoms with van der Waals surface area (Å²) in [4.78, 5) is 14.2. The van der Waals surface area contributed by atoms with Crippen LogP contribution in [0.5, 0.6) is 0 Å². The van der Waals surface area contributed by atoms with Gasteiger partial charge < -0.3 is 10.8 Å². The van der Waals surface area contributed by atoms with E-state index in [9.17, 15) is 4.79 Å². The number of aromatic nitrogens is 1. The van der Waals surface area contributed by atoms with E-state index in [-0.39, 0.29) is 31.2 Å². The molecule has 7 heteroatoms. The summed E-state index contributed by atoms with van der Waals surface area (Å²) in [6.45, 7) is 0. The maximum Gasteiger partial charge on any atom is 0.305 e. The van der Waals surface area contributed by atoms with Gasteiger partial charge in [-0.15, -0.1) is 24.8 Å². The van der Waals surface area contributed by atoms with Gasteiger partial charge in [-0.1, -0.05) is 11.6 Å². The van der Waals surface area contributed by atoms with E-state index in [1.165, 1.54) is 6.20 Å². The quantitative estimate of drug-likeness (QED) is 0.884. The van der Waals surface area contributed by atoms with Crippen molar-refractivity contribution in [3.63, 3.8) is 0 Å². The highest BCUT2D eigenvalue weighted by molar-refractivity contribution is 6.30. The predicted octanol–water partition coefficient (Wildman–Crippen LogP) is 2.05. The highest BCUT2D eigenvalue weighted by Gasteiger charge is 2.11. The lowest BCUT2D eigenvalue weighted by Gasteiger charge is -2.07. The van der Waals surface area contributed by atoms with E-state index >= 15 is 0 Å². The van der Waals surface area contributed by atoms with Crippen molar-refractivity contribution in [2.24, 2.45) is 5.73 Å². The second kappa shape index (κ2) is 7.70. The third-order valence-electron chi connectivity index (χ3n) is 1.52. The molecule has 15 heavy (non-hydrogen) atoms. The molecule has 1 aromatic rings. The molecule has 0 radical (unpaired) electrons. The van der Waals surface area contributed by atoms with Gasteiger partial charge in [-0.3, -0.25) is 9.78 Å². The maximum absolute atomic E-state index is 10.3. The average molecular weight is 274 g/mol. The Hall–Kier alpha value is -0.550. The Balaban J connectivity index is 0. The number of carboxylic acid groups (broad SMARTS) is 1. The Kier molecular flexibility index (Phi) is 8.66. The van der Waals surface area contributed by atoms with E-state index in [1.54, 1.807) is 12.1 Å². The summed E-state index contributed by atoms with van der Waals surface area (Å²) >= 11 is 5.60. The van der Waals surface area contributed by atoms with E-state index in [2.05, 4.69) is 4.98 Å². The summed E-state index contributed by atoms with van der Waals surface area (Å²) in [6.07, 6.45) is 1.31. The number of hydrogen-bond donors (Lipinski definition) is 2. The standard InChI is InChI=1S/C8H9ClN2O2.2ClH/c9-5-1-2-7(11-4-5)6(10)3-8(12)13;;/h1-2,4,6H,3,10H2,(H,12,13);2*1H. The Morgan fingerprint density at radius 2 is 2.13 bits per heavy atom. The SMILES string of the molecule is Cl.Cl.NC(CC(=O)O)c1ccc(Cl)cn1. The number of carbonyl (C=O) groups is 1. The van der Waals surface area contributed by atoms with Gasteiger partial charge in [-0.05, 0) is 12.1 Å². The Bertz CT molecular complexity index is 305. The molecule has 4 nitrogen and oxygen atoms in total. The van der Waals surface area contributed by atoms with Crippen LogP contribution >= 0.6 is 36.4 Å². The van der Waals surface area contributed by atoms with Crippen molar-refractivity contribution in [1.29, 1.82) is 0 Å². The molecule has 0 amide bonds. The lowest BCUT2D eigenvalue weighted by atomic mass is 10.1. The molecule has 1 unspecified atom stereocenters. The van der Waals surface area contributed by atoms with Crippen LogP contribution < -0.4 is 5.73 Å². The first kappa shape index (κ1) is 16.9. The van der Waals surface area contributed by atoms with Gasteiger partial charge in [0.05, 0.1) is 23.2 Å². The van der Waals surface area contributed by atoms with E-state index in [4.69, 9.17) is 22.4 Å². The topological polar surface area (TPSA) is 76.2 Å². The van der Waals surface area contributed by atoms with Crippen molar-refractivity contribution in [2.75, 3.05) is 0 Å². The van der Waals surface area contributed by atoms with Gasteiger partial charge in [0.15, 0.2) is 0 Å². The fourth-order valence-electron chi connectivity index (χ4n) is 0.899. The van der Waals surface area contributed by atoms with Gasteiger partial charge in [0.1, 0.15) is 0 Å². The van der Waals surface area contributed by atoms with Gasteiger partial charge >= 0.3 is 5.97 Å². The van der Waals surface area contributed by atoms with E-state index < -0.39 is 12.0 Å². The van der Waals surface area contributed by atoms with Crippen molar-refractivity contribution in [1.82, 2.24) is 4.98 Å². The first-order valence-corrected chi connectivity index (χ1v) is 4.06.